The Morgan fingerprint density at radius 1 is 0.957 bits per heavy atom. The molecule has 5 atom stereocenters. The molecule has 9 heteroatoms. The van der Waals surface area contributed by atoms with E-state index in [0.29, 0.717) is 18.2 Å². The number of likely N-dealkylation sites (tertiary alicyclic amines) is 2. The van der Waals surface area contributed by atoms with E-state index >= 15 is 0 Å². The molecule has 3 saturated heterocycles. The standard InChI is InChI=1S/C38H48N4O4S/c1-47-30-15-8-14-29(25-30)40-35(43)32-31-16-19-38(46-31)33(32)37(45)42(34(38)36(44)39-28-12-6-3-7-13-28)21-9-20-41-22-17-27(18-23-41)24-26-10-4-2-5-11-26/h2,4-5,8,10-11,14-16,19,25,27-28,31-34H,3,6-7,9,12-13,17-18,20-24H2,1H3,(H,39,44)(H,40,43)/t31-,32?,33-,34?,38?/m1/s1. The minimum Gasteiger partial charge on any atom is -0.359 e. The molecule has 2 bridgehead atoms. The van der Waals surface area contributed by atoms with Crippen LogP contribution in [-0.4, -0.2) is 83.7 Å². The highest BCUT2D eigenvalue weighted by Crippen LogP contribution is 2.55. The highest BCUT2D eigenvalue weighted by Gasteiger charge is 2.72. The molecule has 3 amide bonds. The van der Waals surface area contributed by atoms with Gasteiger partial charge in [-0.1, -0.05) is 67.8 Å². The first-order valence-electron chi connectivity index (χ1n) is 17.6. The Hall–Kier alpha value is -3.14. The largest absolute Gasteiger partial charge is 0.359 e. The third-order valence-electron chi connectivity index (χ3n) is 11.2. The Morgan fingerprint density at radius 2 is 1.74 bits per heavy atom. The lowest BCUT2D eigenvalue weighted by atomic mass is 9.74. The maximum Gasteiger partial charge on any atom is 0.246 e. The van der Waals surface area contributed by atoms with Gasteiger partial charge in [0.15, 0.2) is 0 Å². The van der Waals surface area contributed by atoms with Gasteiger partial charge < -0.3 is 25.2 Å². The van der Waals surface area contributed by atoms with Crippen molar-refractivity contribution in [3.63, 3.8) is 0 Å². The molecular formula is C38H48N4O4S. The van der Waals surface area contributed by atoms with Crippen LogP contribution in [-0.2, 0) is 25.5 Å². The number of carbonyl (C=O) groups is 3. The predicted octanol–water partition coefficient (Wildman–Crippen LogP) is 5.29. The van der Waals surface area contributed by atoms with Crippen LogP contribution >= 0.6 is 11.8 Å². The summed E-state index contributed by atoms with van der Waals surface area (Å²) in [5.74, 6) is -1.23. The van der Waals surface area contributed by atoms with Crippen LogP contribution in [0.25, 0.3) is 0 Å². The van der Waals surface area contributed by atoms with E-state index in [9.17, 15) is 14.4 Å². The van der Waals surface area contributed by atoms with E-state index in [-0.39, 0.29) is 23.8 Å². The lowest BCUT2D eigenvalue weighted by Gasteiger charge is -2.35. The summed E-state index contributed by atoms with van der Waals surface area (Å²) in [6, 6.07) is 17.8. The zero-order valence-corrected chi connectivity index (χ0v) is 28.3. The van der Waals surface area contributed by atoms with Crippen LogP contribution in [0.5, 0.6) is 0 Å². The number of carbonyl (C=O) groups excluding carboxylic acids is 3. The van der Waals surface area contributed by atoms with Gasteiger partial charge in [-0.2, -0.15) is 0 Å². The molecule has 2 aromatic rings. The number of hydrogen-bond donors (Lipinski definition) is 2. The molecular weight excluding hydrogens is 609 g/mol. The van der Waals surface area contributed by atoms with Crippen LogP contribution in [0.2, 0.25) is 0 Å². The van der Waals surface area contributed by atoms with Crippen LogP contribution < -0.4 is 10.6 Å². The van der Waals surface area contributed by atoms with E-state index in [4.69, 9.17) is 4.74 Å². The number of anilines is 1. The Morgan fingerprint density at radius 3 is 2.51 bits per heavy atom. The first-order valence-corrected chi connectivity index (χ1v) is 18.9. The maximum absolute atomic E-state index is 14.4. The van der Waals surface area contributed by atoms with E-state index in [1.54, 1.807) is 16.7 Å². The Labute approximate surface area is 283 Å². The van der Waals surface area contributed by atoms with Crippen molar-refractivity contribution >= 4 is 35.2 Å². The molecule has 2 N–H and O–H groups in total. The van der Waals surface area contributed by atoms with Gasteiger partial charge in [-0.25, -0.2) is 0 Å². The van der Waals surface area contributed by atoms with E-state index in [1.165, 1.54) is 24.8 Å². The molecule has 4 aliphatic heterocycles. The molecule has 3 unspecified atom stereocenters. The summed E-state index contributed by atoms with van der Waals surface area (Å²) in [6.07, 6.45) is 14.9. The smallest absolute Gasteiger partial charge is 0.246 e. The lowest BCUT2D eigenvalue weighted by molar-refractivity contribution is -0.141. The molecule has 1 spiro atoms. The molecule has 47 heavy (non-hydrogen) atoms. The first kappa shape index (κ1) is 32.4. The fourth-order valence-corrected chi connectivity index (χ4v) is 9.25. The second kappa shape index (κ2) is 14.1. The minimum absolute atomic E-state index is 0.117. The zero-order chi connectivity index (χ0) is 32.4. The average molecular weight is 657 g/mol. The van der Waals surface area contributed by atoms with Crippen molar-refractivity contribution in [1.82, 2.24) is 15.1 Å². The molecule has 0 radical (unpaired) electrons. The summed E-state index contributed by atoms with van der Waals surface area (Å²) < 4.78 is 6.57. The topological polar surface area (TPSA) is 91.0 Å². The van der Waals surface area contributed by atoms with Crippen LogP contribution in [0, 0.1) is 17.8 Å². The third-order valence-corrected chi connectivity index (χ3v) is 11.9. The SMILES string of the molecule is CSc1cccc(NC(=O)C2[C@H]3C=CC4(O3)C(C(=O)NC3CCCCC3)N(CCCN3CCC(Cc5ccccc5)CC3)C(=O)[C@@H]24)c1. The van der Waals surface area contributed by atoms with Gasteiger partial charge in [0.2, 0.25) is 17.7 Å². The molecule has 4 fully saturated rings. The van der Waals surface area contributed by atoms with Crippen molar-refractivity contribution in [2.24, 2.45) is 17.8 Å². The number of ether oxygens (including phenoxy) is 1. The number of thioether (sulfide) groups is 1. The second-order valence-corrected chi connectivity index (χ2v) is 15.0. The summed E-state index contributed by atoms with van der Waals surface area (Å²) >= 11 is 1.61. The quantitative estimate of drug-likeness (QED) is 0.253. The van der Waals surface area contributed by atoms with E-state index in [0.717, 1.165) is 63.1 Å². The maximum atomic E-state index is 14.4. The normalized spacial score (nSPS) is 29.3. The number of rotatable bonds is 11. The molecule has 0 aromatic heterocycles. The number of nitrogens with zero attached hydrogens (tertiary/aromatic N) is 2. The van der Waals surface area contributed by atoms with Gasteiger partial charge in [0, 0.05) is 23.2 Å². The zero-order valence-electron chi connectivity index (χ0n) is 27.4. The number of nitrogens with one attached hydrogen (secondary N) is 2. The monoisotopic (exact) mass is 656 g/mol. The summed E-state index contributed by atoms with van der Waals surface area (Å²) in [6.45, 7) is 3.45. The van der Waals surface area contributed by atoms with Crippen molar-refractivity contribution in [1.29, 1.82) is 0 Å². The molecule has 7 rings (SSSR count). The van der Waals surface area contributed by atoms with Gasteiger partial charge in [-0.3, -0.25) is 14.4 Å². The fraction of sp³-hybridized carbons (Fsp3) is 0.553. The van der Waals surface area contributed by atoms with Gasteiger partial charge in [-0.05, 0) is 94.1 Å². The second-order valence-electron chi connectivity index (χ2n) is 14.1. The molecule has 4 heterocycles. The van der Waals surface area contributed by atoms with Gasteiger partial charge >= 0.3 is 0 Å². The summed E-state index contributed by atoms with van der Waals surface area (Å²) in [7, 11) is 0. The first-order chi connectivity index (χ1) is 22.9. The molecule has 8 nitrogen and oxygen atoms in total. The number of fused-ring (bicyclic) bond motifs is 1. The van der Waals surface area contributed by atoms with Crippen molar-refractivity contribution in [3.8, 4) is 0 Å². The third kappa shape index (κ3) is 6.63. The lowest BCUT2D eigenvalue weighted by Crippen LogP contribution is -2.56. The van der Waals surface area contributed by atoms with E-state index < -0.39 is 29.6 Å². The highest BCUT2D eigenvalue weighted by molar-refractivity contribution is 7.98. The highest BCUT2D eigenvalue weighted by atomic mass is 32.2. The summed E-state index contributed by atoms with van der Waals surface area (Å²) in [5.41, 5.74) is 0.982. The van der Waals surface area contributed by atoms with Crippen LogP contribution in [0.4, 0.5) is 5.69 Å². The van der Waals surface area contributed by atoms with Crippen LogP contribution in [0.3, 0.4) is 0 Å². The summed E-state index contributed by atoms with van der Waals surface area (Å²) in [4.78, 5) is 47.7. The number of benzene rings is 2. The van der Waals surface area contributed by atoms with Crippen molar-refractivity contribution in [3.05, 3.63) is 72.3 Å². The molecule has 2 aromatic carbocycles. The molecule has 250 valence electrons. The van der Waals surface area contributed by atoms with Crippen molar-refractivity contribution in [2.75, 3.05) is 37.8 Å². The van der Waals surface area contributed by atoms with Gasteiger partial charge in [0.1, 0.15) is 11.6 Å². The molecule has 1 aliphatic carbocycles. The van der Waals surface area contributed by atoms with Crippen LogP contribution in [0.1, 0.15) is 56.9 Å². The fourth-order valence-electron chi connectivity index (χ4n) is 8.79. The Bertz CT molecular complexity index is 1470. The molecule has 1 saturated carbocycles. The number of hydrogen-bond acceptors (Lipinski definition) is 6. The number of amides is 3. The summed E-state index contributed by atoms with van der Waals surface area (Å²) in [5, 5.41) is 6.36. The minimum atomic E-state index is -1.13. The van der Waals surface area contributed by atoms with Gasteiger partial charge in [-0.15, -0.1) is 11.8 Å². The Balaban J connectivity index is 1.04. The van der Waals surface area contributed by atoms with E-state index in [1.807, 2.05) is 42.7 Å². The molecule has 5 aliphatic rings. The average Bonchev–Trinajstić information content (AvgIpc) is 3.74. The number of piperidine rings is 1. The Kier molecular flexibility index (Phi) is 9.76. The predicted molar refractivity (Wildman–Crippen MR) is 185 cm³/mol. The van der Waals surface area contributed by atoms with E-state index in [2.05, 4.69) is 45.9 Å². The van der Waals surface area contributed by atoms with Crippen molar-refractivity contribution < 1.29 is 19.1 Å². The van der Waals surface area contributed by atoms with Crippen LogP contribution in [0.15, 0.2) is 71.6 Å². The van der Waals surface area contributed by atoms with Crippen molar-refractivity contribution in [2.45, 2.75) is 86.5 Å². The van der Waals surface area contributed by atoms with Gasteiger partial charge in [0.05, 0.1) is 17.9 Å². The van der Waals surface area contributed by atoms with Gasteiger partial charge in [0.25, 0.3) is 0 Å².